The van der Waals surface area contributed by atoms with Gasteiger partial charge in [0.05, 0.1) is 28.0 Å². The van der Waals surface area contributed by atoms with Crippen molar-refractivity contribution in [1.29, 1.82) is 0 Å². The molecule has 0 saturated carbocycles. The first-order valence-corrected chi connectivity index (χ1v) is 8.90. The number of sulfone groups is 1. The lowest BCUT2D eigenvalue weighted by Gasteiger charge is -2.03. The van der Waals surface area contributed by atoms with Crippen LogP contribution >= 0.6 is 0 Å². The highest BCUT2D eigenvalue weighted by Gasteiger charge is 2.23. The first kappa shape index (κ1) is 16.1. The van der Waals surface area contributed by atoms with E-state index in [1.54, 1.807) is 49.6 Å². The van der Waals surface area contributed by atoms with E-state index in [1.807, 2.05) is 0 Å². The Labute approximate surface area is 139 Å². The fourth-order valence-corrected chi connectivity index (χ4v) is 3.56. The molecule has 2 aromatic heterocycles. The Morgan fingerprint density at radius 1 is 1.12 bits per heavy atom. The van der Waals surface area contributed by atoms with Crippen molar-refractivity contribution < 1.29 is 13.2 Å². The summed E-state index contributed by atoms with van der Waals surface area (Å²) in [5.74, 6) is -1.07. The number of nitrogens with zero attached hydrogens (tertiary/aromatic N) is 3. The van der Waals surface area contributed by atoms with Crippen molar-refractivity contribution in [3.8, 4) is 5.69 Å². The molecule has 0 atom stereocenters. The lowest BCUT2D eigenvalue weighted by Crippen LogP contribution is -2.16. The van der Waals surface area contributed by atoms with Gasteiger partial charge in [-0.2, -0.15) is 5.10 Å². The third-order valence-electron chi connectivity index (χ3n) is 3.53. The van der Waals surface area contributed by atoms with Gasteiger partial charge >= 0.3 is 0 Å². The van der Waals surface area contributed by atoms with Gasteiger partial charge in [-0.05, 0) is 31.2 Å². The highest BCUT2D eigenvalue weighted by molar-refractivity contribution is 7.92. The van der Waals surface area contributed by atoms with Crippen molar-refractivity contribution in [1.82, 2.24) is 14.8 Å². The quantitative estimate of drug-likeness (QED) is 0.665. The Morgan fingerprint density at radius 3 is 2.54 bits per heavy atom. The van der Waals surface area contributed by atoms with Gasteiger partial charge in [0.1, 0.15) is 5.75 Å². The summed E-state index contributed by atoms with van der Waals surface area (Å²) in [5.41, 5.74) is 1.47. The number of aryl methyl sites for hydroxylation is 1. The van der Waals surface area contributed by atoms with Gasteiger partial charge in [-0.15, -0.1) is 0 Å². The molecule has 3 aromatic rings. The number of pyridine rings is 1. The SMILES string of the molecule is Cc1nn(-c2cccnc2)cc1C(=O)CS(=O)(=O)c1ccccc1. The molecule has 0 N–H and O–H groups in total. The second-order valence-electron chi connectivity index (χ2n) is 5.28. The minimum Gasteiger partial charge on any atom is -0.293 e. The van der Waals surface area contributed by atoms with Crippen LogP contribution in [0.2, 0.25) is 0 Å². The minimum atomic E-state index is -3.68. The molecule has 3 rings (SSSR count). The van der Waals surface area contributed by atoms with Crippen molar-refractivity contribution in [2.75, 3.05) is 5.75 Å². The summed E-state index contributed by atoms with van der Waals surface area (Å²) in [6.07, 6.45) is 4.79. The van der Waals surface area contributed by atoms with Gasteiger partial charge in [0.15, 0.2) is 15.6 Å². The molecule has 0 amide bonds. The van der Waals surface area contributed by atoms with Gasteiger partial charge in [-0.3, -0.25) is 9.78 Å². The number of carbonyl (C=O) groups excluding carboxylic acids is 1. The van der Waals surface area contributed by atoms with Gasteiger partial charge in [-0.25, -0.2) is 13.1 Å². The maximum absolute atomic E-state index is 12.5. The number of carbonyl (C=O) groups is 1. The van der Waals surface area contributed by atoms with Gasteiger partial charge in [0, 0.05) is 12.4 Å². The molecule has 0 unspecified atom stereocenters. The molecule has 24 heavy (non-hydrogen) atoms. The largest absolute Gasteiger partial charge is 0.293 e. The van der Waals surface area contributed by atoms with E-state index >= 15 is 0 Å². The van der Waals surface area contributed by atoms with E-state index in [0.29, 0.717) is 16.9 Å². The molecule has 0 aliphatic heterocycles. The van der Waals surface area contributed by atoms with Crippen LogP contribution in [-0.2, 0) is 9.84 Å². The van der Waals surface area contributed by atoms with E-state index in [0.717, 1.165) is 0 Å². The number of rotatable bonds is 5. The van der Waals surface area contributed by atoms with E-state index in [2.05, 4.69) is 10.1 Å². The third kappa shape index (κ3) is 3.26. The molecule has 0 saturated heterocycles. The van der Waals surface area contributed by atoms with Gasteiger partial charge in [0.2, 0.25) is 0 Å². The van der Waals surface area contributed by atoms with Crippen LogP contribution in [-0.4, -0.2) is 34.7 Å². The fourth-order valence-electron chi connectivity index (χ4n) is 2.32. The second-order valence-corrected chi connectivity index (χ2v) is 7.27. The zero-order chi connectivity index (χ0) is 17.2. The first-order valence-electron chi connectivity index (χ1n) is 7.25. The second kappa shape index (κ2) is 6.37. The number of hydrogen-bond acceptors (Lipinski definition) is 5. The third-order valence-corrected chi connectivity index (χ3v) is 5.17. The van der Waals surface area contributed by atoms with Crippen molar-refractivity contribution in [3.63, 3.8) is 0 Å². The Morgan fingerprint density at radius 2 is 1.88 bits per heavy atom. The lowest BCUT2D eigenvalue weighted by molar-refractivity contribution is 0.102. The Balaban J connectivity index is 1.88. The van der Waals surface area contributed by atoms with Crippen LogP contribution in [0.1, 0.15) is 16.1 Å². The van der Waals surface area contributed by atoms with E-state index in [4.69, 9.17) is 0 Å². The average molecular weight is 341 g/mol. The van der Waals surface area contributed by atoms with Crippen molar-refractivity contribution in [2.45, 2.75) is 11.8 Å². The topological polar surface area (TPSA) is 81.9 Å². The summed E-state index contributed by atoms with van der Waals surface area (Å²) in [6.45, 7) is 1.68. The maximum atomic E-state index is 12.5. The minimum absolute atomic E-state index is 0.135. The van der Waals surface area contributed by atoms with Crippen LogP contribution in [0.15, 0.2) is 66.0 Å². The summed E-state index contributed by atoms with van der Waals surface area (Å²) in [6, 6.07) is 11.5. The molecule has 0 aliphatic rings. The van der Waals surface area contributed by atoms with Crippen molar-refractivity contribution in [3.05, 3.63) is 72.3 Å². The Hall–Kier alpha value is -2.80. The molecule has 7 heteroatoms. The maximum Gasteiger partial charge on any atom is 0.185 e. The zero-order valence-corrected chi connectivity index (χ0v) is 13.8. The molecule has 0 spiro atoms. The average Bonchev–Trinajstić information content (AvgIpc) is 2.98. The predicted molar refractivity (Wildman–Crippen MR) is 88.9 cm³/mol. The molecular formula is C17H15N3O3S. The number of benzene rings is 1. The number of ketones is 1. The van der Waals surface area contributed by atoms with E-state index in [9.17, 15) is 13.2 Å². The van der Waals surface area contributed by atoms with E-state index in [1.165, 1.54) is 23.0 Å². The summed E-state index contributed by atoms with van der Waals surface area (Å²) in [7, 11) is -3.68. The molecule has 122 valence electrons. The number of Topliss-reactive ketones (excluding diaryl/α,β-unsaturated/α-hetero) is 1. The monoisotopic (exact) mass is 341 g/mol. The highest BCUT2D eigenvalue weighted by atomic mass is 32.2. The van der Waals surface area contributed by atoms with Gasteiger partial charge < -0.3 is 0 Å². The molecule has 0 radical (unpaired) electrons. The normalized spacial score (nSPS) is 11.4. The number of hydrogen-bond donors (Lipinski definition) is 0. The summed E-state index contributed by atoms with van der Waals surface area (Å²) in [4.78, 5) is 16.6. The summed E-state index contributed by atoms with van der Waals surface area (Å²) < 4.78 is 26.2. The smallest absolute Gasteiger partial charge is 0.185 e. The number of aromatic nitrogens is 3. The zero-order valence-electron chi connectivity index (χ0n) is 13.0. The highest BCUT2D eigenvalue weighted by Crippen LogP contribution is 2.16. The van der Waals surface area contributed by atoms with Crippen LogP contribution in [0.5, 0.6) is 0 Å². The molecule has 6 nitrogen and oxygen atoms in total. The standard InChI is InChI=1S/C17H15N3O3S/c1-13-16(11-20(19-13)14-6-5-9-18-10-14)17(21)12-24(22,23)15-7-3-2-4-8-15/h2-11H,12H2,1H3. The lowest BCUT2D eigenvalue weighted by atomic mass is 10.2. The molecular weight excluding hydrogens is 326 g/mol. The Bertz CT molecular complexity index is 965. The predicted octanol–water partition coefficient (Wildman–Crippen LogP) is 2.23. The van der Waals surface area contributed by atoms with Crippen LogP contribution < -0.4 is 0 Å². The Kier molecular flexibility index (Phi) is 4.26. The van der Waals surface area contributed by atoms with E-state index in [-0.39, 0.29) is 4.90 Å². The van der Waals surface area contributed by atoms with Crippen LogP contribution in [0.3, 0.4) is 0 Å². The molecule has 0 bridgehead atoms. The molecule has 0 aliphatic carbocycles. The van der Waals surface area contributed by atoms with E-state index < -0.39 is 21.4 Å². The summed E-state index contributed by atoms with van der Waals surface area (Å²) in [5, 5.41) is 4.27. The van der Waals surface area contributed by atoms with Gasteiger partial charge in [-0.1, -0.05) is 18.2 Å². The van der Waals surface area contributed by atoms with Crippen molar-refractivity contribution >= 4 is 15.6 Å². The van der Waals surface area contributed by atoms with Crippen LogP contribution in [0, 0.1) is 6.92 Å². The first-order chi connectivity index (χ1) is 11.5. The van der Waals surface area contributed by atoms with Crippen LogP contribution in [0.4, 0.5) is 0 Å². The summed E-state index contributed by atoms with van der Waals surface area (Å²) >= 11 is 0. The molecule has 0 fully saturated rings. The fraction of sp³-hybridized carbons (Fsp3) is 0.118. The molecule has 1 aromatic carbocycles. The molecule has 2 heterocycles. The van der Waals surface area contributed by atoms with Crippen molar-refractivity contribution in [2.24, 2.45) is 0 Å². The van der Waals surface area contributed by atoms with Gasteiger partial charge in [0.25, 0.3) is 0 Å². The van der Waals surface area contributed by atoms with Crippen LogP contribution in [0.25, 0.3) is 5.69 Å².